The second-order valence-electron chi connectivity index (χ2n) is 4.97. The first kappa shape index (κ1) is 15.2. The summed E-state index contributed by atoms with van der Waals surface area (Å²) in [5.41, 5.74) is 2.53. The van der Waals surface area contributed by atoms with Gasteiger partial charge >= 0.3 is 0 Å². The van der Waals surface area contributed by atoms with Crippen molar-refractivity contribution in [2.45, 2.75) is 10.1 Å². The van der Waals surface area contributed by atoms with Crippen molar-refractivity contribution in [2.24, 2.45) is 7.05 Å². The number of benzene rings is 1. The molecule has 1 aromatic carbocycles. The SMILES string of the molecule is CSc1cc(C(=O)c2ccc3c(ccn3C)c2)cc(SC)n1. The molecule has 0 radical (unpaired) electrons. The molecule has 3 aromatic rings. The second-order valence-corrected chi connectivity index (χ2v) is 6.62. The van der Waals surface area contributed by atoms with Crippen LogP contribution in [0.3, 0.4) is 0 Å². The molecule has 22 heavy (non-hydrogen) atoms. The third-order valence-electron chi connectivity index (χ3n) is 3.61. The predicted molar refractivity (Wildman–Crippen MR) is 94.2 cm³/mol. The van der Waals surface area contributed by atoms with Gasteiger partial charge in [-0.25, -0.2) is 4.98 Å². The number of fused-ring (bicyclic) bond motifs is 1. The number of ketones is 1. The van der Waals surface area contributed by atoms with E-state index in [-0.39, 0.29) is 5.78 Å². The van der Waals surface area contributed by atoms with E-state index in [0.717, 1.165) is 21.0 Å². The third kappa shape index (κ3) is 2.78. The summed E-state index contributed by atoms with van der Waals surface area (Å²) in [6, 6.07) is 11.6. The number of hydrogen-bond acceptors (Lipinski definition) is 4. The Bertz CT molecular complexity index is 833. The largest absolute Gasteiger partial charge is 0.351 e. The van der Waals surface area contributed by atoms with E-state index in [4.69, 9.17) is 0 Å². The van der Waals surface area contributed by atoms with Crippen LogP contribution in [-0.2, 0) is 7.05 Å². The summed E-state index contributed by atoms with van der Waals surface area (Å²) < 4.78 is 2.05. The Labute approximate surface area is 138 Å². The van der Waals surface area contributed by atoms with Gasteiger partial charge in [0, 0.05) is 35.3 Å². The monoisotopic (exact) mass is 328 g/mol. The summed E-state index contributed by atoms with van der Waals surface area (Å²) in [5, 5.41) is 2.82. The number of carbonyl (C=O) groups is 1. The lowest BCUT2D eigenvalue weighted by molar-refractivity contribution is 0.103. The van der Waals surface area contributed by atoms with E-state index in [1.165, 1.54) is 0 Å². The Morgan fingerprint density at radius 1 is 1.00 bits per heavy atom. The molecule has 3 nitrogen and oxygen atoms in total. The van der Waals surface area contributed by atoms with E-state index in [1.54, 1.807) is 23.5 Å². The summed E-state index contributed by atoms with van der Waals surface area (Å²) >= 11 is 3.10. The number of nitrogens with zero attached hydrogens (tertiary/aromatic N) is 2. The Hall–Kier alpha value is -1.72. The molecule has 0 aliphatic carbocycles. The van der Waals surface area contributed by atoms with Crippen LogP contribution in [0.15, 0.2) is 52.6 Å². The van der Waals surface area contributed by atoms with Crippen molar-refractivity contribution in [3.63, 3.8) is 0 Å². The molecule has 0 fully saturated rings. The molecule has 0 N–H and O–H groups in total. The first-order chi connectivity index (χ1) is 10.6. The van der Waals surface area contributed by atoms with Crippen molar-refractivity contribution in [1.82, 2.24) is 9.55 Å². The first-order valence-corrected chi connectivity index (χ1v) is 9.27. The lowest BCUT2D eigenvalue weighted by Gasteiger charge is -2.06. The Morgan fingerprint density at radius 3 is 2.32 bits per heavy atom. The van der Waals surface area contributed by atoms with Gasteiger partial charge in [-0.05, 0) is 48.9 Å². The highest BCUT2D eigenvalue weighted by Gasteiger charge is 2.13. The molecule has 0 aliphatic rings. The van der Waals surface area contributed by atoms with E-state index in [9.17, 15) is 4.79 Å². The van der Waals surface area contributed by atoms with E-state index in [2.05, 4.69) is 4.98 Å². The van der Waals surface area contributed by atoms with Crippen molar-refractivity contribution in [2.75, 3.05) is 12.5 Å². The van der Waals surface area contributed by atoms with Crippen LogP contribution < -0.4 is 0 Å². The van der Waals surface area contributed by atoms with Crippen LogP contribution >= 0.6 is 23.5 Å². The highest BCUT2D eigenvalue weighted by Crippen LogP contribution is 2.24. The topological polar surface area (TPSA) is 34.9 Å². The van der Waals surface area contributed by atoms with E-state index >= 15 is 0 Å². The molecule has 0 amide bonds. The molecule has 5 heteroatoms. The van der Waals surface area contributed by atoms with Gasteiger partial charge in [-0.2, -0.15) is 0 Å². The molecule has 2 aromatic heterocycles. The van der Waals surface area contributed by atoms with Gasteiger partial charge in [0.15, 0.2) is 5.78 Å². The van der Waals surface area contributed by atoms with Crippen LogP contribution in [0, 0.1) is 0 Å². The average molecular weight is 328 g/mol. The van der Waals surface area contributed by atoms with Crippen LogP contribution in [-0.4, -0.2) is 27.8 Å². The maximum atomic E-state index is 12.8. The Morgan fingerprint density at radius 2 is 1.68 bits per heavy atom. The molecule has 0 bridgehead atoms. The van der Waals surface area contributed by atoms with Gasteiger partial charge in [0.2, 0.25) is 0 Å². The number of aryl methyl sites for hydroxylation is 1. The number of hydrogen-bond donors (Lipinski definition) is 0. The minimum absolute atomic E-state index is 0.0405. The summed E-state index contributed by atoms with van der Waals surface area (Å²) in [5.74, 6) is 0.0405. The number of rotatable bonds is 4. The number of thioether (sulfide) groups is 2. The summed E-state index contributed by atoms with van der Waals surface area (Å²) in [6.45, 7) is 0. The summed E-state index contributed by atoms with van der Waals surface area (Å²) in [4.78, 5) is 17.3. The van der Waals surface area contributed by atoms with Gasteiger partial charge in [0.05, 0.1) is 10.1 Å². The van der Waals surface area contributed by atoms with Crippen molar-refractivity contribution in [3.8, 4) is 0 Å². The molecule has 0 unspecified atom stereocenters. The van der Waals surface area contributed by atoms with Crippen LogP contribution in [0.2, 0.25) is 0 Å². The minimum atomic E-state index is 0.0405. The quantitative estimate of drug-likeness (QED) is 0.530. The van der Waals surface area contributed by atoms with E-state index in [0.29, 0.717) is 11.1 Å². The van der Waals surface area contributed by atoms with Gasteiger partial charge in [-0.1, -0.05) is 0 Å². The highest BCUT2D eigenvalue weighted by atomic mass is 32.2. The smallest absolute Gasteiger partial charge is 0.193 e. The van der Waals surface area contributed by atoms with Gasteiger partial charge in [0.25, 0.3) is 0 Å². The Kier molecular flexibility index (Phi) is 4.27. The normalized spacial score (nSPS) is 11.0. The van der Waals surface area contributed by atoms with Crippen LogP contribution in [0.4, 0.5) is 0 Å². The molecule has 0 aliphatic heterocycles. The van der Waals surface area contributed by atoms with Gasteiger partial charge in [0.1, 0.15) is 0 Å². The fraction of sp³-hybridized carbons (Fsp3) is 0.176. The van der Waals surface area contributed by atoms with Crippen molar-refractivity contribution in [3.05, 3.63) is 53.7 Å². The fourth-order valence-corrected chi connectivity index (χ4v) is 3.34. The molecule has 3 rings (SSSR count). The standard InChI is InChI=1S/C17H16N2OS2/c1-19-7-6-11-8-12(4-5-14(11)19)17(20)13-9-15(21-2)18-16(10-13)22-3/h4-10H,1-3H3. The third-order valence-corrected chi connectivity index (χ3v) is 4.86. The zero-order chi connectivity index (χ0) is 15.7. The number of aromatic nitrogens is 2. The molecule has 0 spiro atoms. The number of carbonyl (C=O) groups excluding carboxylic acids is 1. The van der Waals surface area contributed by atoms with Gasteiger partial charge < -0.3 is 4.57 Å². The summed E-state index contributed by atoms with van der Waals surface area (Å²) in [6.07, 6.45) is 5.94. The lowest BCUT2D eigenvalue weighted by atomic mass is 10.0. The molecule has 2 heterocycles. The van der Waals surface area contributed by atoms with Crippen molar-refractivity contribution >= 4 is 40.2 Å². The number of pyridine rings is 1. The van der Waals surface area contributed by atoms with Crippen LogP contribution in [0.25, 0.3) is 10.9 Å². The molecular weight excluding hydrogens is 312 g/mol. The fourth-order valence-electron chi connectivity index (χ4n) is 2.41. The highest BCUT2D eigenvalue weighted by molar-refractivity contribution is 7.99. The minimum Gasteiger partial charge on any atom is -0.351 e. The van der Waals surface area contributed by atoms with E-state index < -0.39 is 0 Å². The van der Waals surface area contributed by atoms with Crippen molar-refractivity contribution in [1.29, 1.82) is 0 Å². The average Bonchev–Trinajstić information content (AvgIpc) is 2.94. The van der Waals surface area contributed by atoms with E-state index in [1.807, 2.05) is 66.7 Å². The maximum Gasteiger partial charge on any atom is 0.193 e. The zero-order valence-corrected chi connectivity index (χ0v) is 14.3. The zero-order valence-electron chi connectivity index (χ0n) is 12.7. The van der Waals surface area contributed by atoms with Crippen molar-refractivity contribution < 1.29 is 4.79 Å². The van der Waals surface area contributed by atoms with Gasteiger partial charge in [-0.3, -0.25) is 4.79 Å². The predicted octanol–water partition coefficient (Wildman–Crippen LogP) is 4.25. The first-order valence-electron chi connectivity index (χ1n) is 6.82. The lowest BCUT2D eigenvalue weighted by Crippen LogP contribution is -2.03. The Balaban J connectivity index is 2.04. The molecule has 0 saturated carbocycles. The van der Waals surface area contributed by atoms with Crippen LogP contribution in [0.5, 0.6) is 0 Å². The molecule has 112 valence electrons. The summed E-state index contributed by atoms with van der Waals surface area (Å²) in [7, 11) is 2.00. The molecule has 0 saturated heterocycles. The maximum absolute atomic E-state index is 12.8. The van der Waals surface area contributed by atoms with Gasteiger partial charge in [-0.15, -0.1) is 23.5 Å². The van der Waals surface area contributed by atoms with Crippen LogP contribution in [0.1, 0.15) is 15.9 Å². The molecule has 0 atom stereocenters. The molecular formula is C17H16N2OS2. The second kappa shape index (κ2) is 6.18.